The van der Waals surface area contributed by atoms with Crippen molar-refractivity contribution >= 4 is 12.1 Å². The highest BCUT2D eigenvalue weighted by atomic mass is 16.6. The van der Waals surface area contributed by atoms with Crippen LogP contribution < -0.4 is 0 Å². The average molecular weight is 321 g/mol. The first kappa shape index (κ1) is 17.3. The molecule has 0 bridgehead atoms. The maximum Gasteiger partial charge on any atom is 0.410 e. The number of hydrogen-bond donors (Lipinski definition) is 1. The molecule has 1 aromatic carbocycles. The average Bonchev–Trinajstić information content (AvgIpc) is 2.58. The van der Waals surface area contributed by atoms with Crippen LogP contribution in [0.25, 0.3) is 0 Å². The first-order chi connectivity index (χ1) is 11.1. The molecule has 0 atom stereocenters. The topological polar surface area (TPSA) is 76.1 Å². The van der Waals surface area contributed by atoms with Gasteiger partial charge in [-0.1, -0.05) is 30.3 Å². The van der Waals surface area contributed by atoms with E-state index in [1.165, 1.54) is 0 Å². The van der Waals surface area contributed by atoms with E-state index in [0.29, 0.717) is 0 Å². The normalized spacial score (nSPS) is 20.7. The molecule has 0 saturated heterocycles. The summed E-state index contributed by atoms with van der Waals surface area (Å²) in [6, 6.07) is 9.68. The van der Waals surface area contributed by atoms with Gasteiger partial charge in [-0.25, -0.2) is 9.59 Å². The van der Waals surface area contributed by atoms with Crippen LogP contribution in [0.2, 0.25) is 0 Å². The van der Waals surface area contributed by atoms with Gasteiger partial charge in [0, 0.05) is 13.1 Å². The summed E-state index contributed by atoms with van der Waals surface area (Å²) in [6.07, 6.45) is 2.74. The fourth-order valence-corrected chi connectivity index (χ4v) is 2.76. The number of carboxylic acid groups (broad SMARTS) is 1. The molecule has 1 aliphatic rings. The molecular weight excluding hydrogens is 298 g/mol. The fraction of sp³-hybridized carbons (Fsp3) is 0.529. The third-order valence-corrected chi connectivity index (χ3v) is 4.13. The Hall–Kier alpha value is -2.08. The molecule has 1 aliphatic carbocycles. The summed E-state index contributed by atoms with van der Waals surface area (Å²) in [5, 5.41) is 8.62. The number of ether oxygens (including phenoxy) is 2. The summed E-state index contributed by atoms with van der Waals surface area (Å²) in [7, 11) is 1.75. The van der Waals surface area contributed by atoms with Gasteiger partial charge in [0.05, 0.1) is 6.10 Å². The lowest BCUT2D eigenvalue weighted by Gasteiger charge is -2.33. The minimum Gasteiger partial charge on any atom is -0.480 e. The van der Waals surface area contributed by atoms with Gasteiger partial charge in [-0.3, -0.25) is 0 Å². The van der Waals surface area contributed by atoms with E-state index in [2.05, 4.69) is 0 Å². The summed E-state index contributed by atoms with van der Waals surface area (Å²) < 4.78 is 10.6. The van der Waals surface area contributed by atoms with Crippen LogP contribution in [0, 0.1) is 0 Å². The summed E-state index contributed by atoms with van der Waals surface area (Å²) in [5.41, 5.74) is 0.958. The zero-order chi connectivity index (χ0) is 16.7. The second kappa shape index (κ2) is 8.53. The van der Waals surface area contributed by atoms with Crippen LogP contribution in [0.3, 0.4) is 0 Å². The number of benzene rings is 1. The molecule has 1 saturated carbocycles. The van der Waals surface area contributed by atoms with Crippen LogP contribution in [0.4, 0.5) is 4.79 Å². The quantitative estimate of drug-likeness (QED) is 0.872. The van der Waals surface area contributed by atoms with Crippen LogP contribution >= 0.6 is 0 Å². The molecular formula is C17H23NO5. The standard InChI is InChI=1S/C17H23NO5/c1-18(17(21)23-11-13-5-3-2-4-6-13)14-7-9-15(10-8-14)22-12-16(19)20/h2-6,14-15H,7-12H2,1H3,(H,19,20). The van der Waals surface area contributed by atoms with Crippen molar-refractivity contribution in [1.29, 1.82) is 0 Å². The summed E-state index contributed by atoms with van der Waals surface area (Å²) in [5.74, 6) is -0.950. The molecule has 0 heterocycles. The van der Waals surface area contributed by atoms with Gasteiger partial charge >= 0.3 is 12.1 Å². The van der Waals surface area contributed by atoms with Gasteiger partial charge in [0.2, 0.25) is 0 Å². The third-order valence-electron chi connectivity index (χ3n) is 4.13. The predicted molar refractivity (Wildman–Crippen MR) is 84.0 cm³/mol. The lowest BCUT2D eigenvalue weighted by Crippen LogP contribution is -2.41. The Kier molecular flexibility index (Phi) is 6.40. The number of aliphatic carboxylic acids is 1. The summed E-state index contributed by atoms with van der Waals surface area (Å²) in [4.78, 5) is 24.2. The molecule has 23 heavy (non-hydrogen) atoms. The Bertz CT molecular complexity index is 511. The van der Waals surface area contributed by atoms with Crippen LogP contribution in [0.15, 0.2) is 30.3 Å². The van der Waals surface area contributed by atoms with Gasteiger partial charge in [-0.2, -0.15) is 0 Å². The number of rotatable bonds is 6. The van der Waals surface area contributed by atoms with E-state index in [4.69, 9.17) is 14.6 Å². The van der Waals surface area contributed by atoms with E-state index in [9.17, 15) is 9.59 Å². The molecule has 1 fully saturated rings. The Morgan fingerprint density at radius 2 is 1.83 bits per heavy atom. The fourth-order valence-electron chi connectivity index (χ4n) is 2.76. The van der Waals surface area contributed by atoms with E-state index in [1.54, 1.807) is 11.9 Å². The van der Waals surface area contributed by atoms with E-state index >= 15 is 0 Å². The highest BCUT2D eigenvalue weighted by Crippen LogP contribution is 2.25. The first-order valence-electron chi connectivity index (χ1n) is 7.83. The molecule has 1 aromatic rings. The third kappa shape index (κ3) is 5.56. The summed E-state index contributed by atoms with van der Waals surface area (Å²) >= 11 is 0. The molecule has 0 spiro atoms. The van der Waals surface area contributed by atoms with Crippen molar-refractivity contribution in [1.82, 2.24) is 4.90 Å². The van der Waals surface area contributed by atoms with Crippen LogP contribution in [0.5, 0.6) is 0 Å². The molecule has 0 aliphatic heterocycles. The number of hydrogen-bond acceptors (Lipinski definition) is 4. The number of carboxylic acids is 1. The highest BCUT2D eigenvalue weighted by Gasteiger charge is 2.28. The van der Waals surface area contributed by atoms with E-state index in [0.717, 1.165) is 31.2 Å². The van der Waals surface area contributed by atoms with Gasteiger partial charge < -0.3 is 19.5 Å². The van der Waals surface area contributed by atoms with Gasteiger partial charge in [0.15, 0.2) is 0 Å². The zero-order valence-corrected chi connectivity index (χ0v) is 13.3. The van der Waals surface area contributed by atoms with E-state index in [-0.39, 0.29) is 31.5 Å². The van der Waals surface area contributed by atoms with Crippen LogP contribution in [0.1, 0.15) is 31.2 Å². The molecule has 0 unspecified atom stereocenters. The molecule has 6 heteroatoms. The maximum atomic E-state index is 12.1. The van der Waals surface area contributed by atoms with Gasteiger partial charge in [-0.05, 0) is 31.2 Å². The second-order valence-electron chi connectivity index (χ2n) is 5.79. The number of carbonyl (C=O) groups is 2. The van der Waals surface area contributed by atoms with Crippen LogP contribution in [-0.2, 0) is 20.9 Å². The lowest BCUT2D eigenvalue weighted by atomic mass is 9.92. The molecule has 0 radical (unpaired) electrons. The first-order valence-corrected chi connectivity index (χ1v) is 7.83. The van der Waals surface area contributed by atoms with E-state index in [1.807, 2.05) is 30.3 Å². The molecule has 126 valence electrons. The Labute approximate surface area is 136 Å². The van der Waals surface area contributed by atoms with Gasteiger partial charge in [0.1, 0.15) is 13.2 Å². The van der Waals surface area contributed by atoms with Gasteiger partial charge in [0.25, 0.3) is 0 Å². The van der Waals surface area contributed by atoms with Crippen molar-refractivity contribution in [3.8, 4) is 0 Å². The SMILES string of the molecule is CN(C(=O)OCc1ccccc1)C1CCC(OCC(=O)O)CC1. The molecule has 2 rings (SSSR count). The Balaban J connectivity index is 1.72. The highest BCUT2D eigenvalue weighted by molar-refractivity contribution is 5.68. The lowest BCUT2D eigenvalue weighted by molar-refractivity contribution is -0.145. The minimum absolute atomic E-state index is 0.0314. The maximum absolute atomic E-state index is 12.1. The molecule has 6 nitrogen and oxygen atoms in total. The minimum atomic E-state index is -0.950. The van der Waals surface area contributed by atoms with Crippen molar-refractivity contribution in [3.63, 3.8) is 0 Å². The molecule has 1 amide bonds. The van der Waals surface area contributed by atoms with Gasteiger partial charge in [-0.15, -0.1) is 0 Å². The second-order valence-corrected chi connectivity index (χ2v) is 5.79. The molecule has 1 N–H and O–H groups in total. The number of amides is 1. The Morgan fingerprint density at radius 1 is 1.17 bits per heavy atom. The summed E-state index contributed by atoms with van der Waals surface area (Å²) in [6.45, 7) is 0.00533. The van der Waals surface area contributed by atoms with Crippen molar-refractivity contribution in [2.24, 2.45) is 0 Å². The van der Waals surface area contributed by atoms with Crippen molar-refractivity contribution in [3.05, 3.63) is 35.9 Å². The van der Waals surface area contributed by atoms with Crippen molar-refractivity contribution in [2.45, 2.75) is 44.4 Å². The van der Waals surface area contributed by atoms with Crippen LogP contribution in [-0.4, -0.2) is 47.9 Å². The monoisotopic (exact) mass is 321 g/mol. The largest absolute Gasteiger partial charge is 0.480 e. The van der Waals surface area contributed by atoms with Crippen molar-refractivity contribution in [2.75, 3.05) is 13.7 Å². The van der Waals surface area contributed by atoms with Crippen molar-refractivity contribution < 1.29 is 24.2 Å². The smallest absolute Gasteiger partial charge is 0.410 e. The Morgan fingerprint density at radius 3 is 2.43 bits per heavy atom. The van der Waals surface area contributed by atoms with E-state index < -0.39 is 5.97 Å². The predicted octanol–water partition coefficient (Wildman–Crippen LogP) is 2.67. The number of carbonyl (C=O) groups excluding carboxylic acids is 1. The number of nitrogens with zero attached hydrogens (tertiary/aromatic N) is 1. The molecule has 0 aromatic heterocycles. The zero-order valence-electron chi connectivity index (χ0n) is 13.3.